The third kappa shape index (κ3) is 2.38. The molecule has 1 heterocycles. The standard InChI is InChI=1S/C13H18ClN3O/c1-2-8-3-4-17(7-8)12-10(13(16)18)5-9(15)6-11(12)14/h5-6,8H,2-4,7,15H2,1H3,(H2,16,18). The second-order valence-corrected chi connectivity index (χ2v) is 5.18. The number of benzene rings is 1. The van der Waals surface area contributed by atoms with Gasteiger partial charge in [-0.25, -0.2) is 0 Å². The number of nitrogen functional groups attached to an aromatic ring is 1. The van der Waals surface area contributed by atoms with Crippen LogP contribution in [0.15, 0.2) is 12.1 Å². The van der Waals surface area contributed by atoms with Crippen LogP contribution in [0.2, 0.25) is 5.02 Å². The van der Waals surface area contributed by atoms with Gasteiger partial charge in [-0.15, -0.1) is 0 Å². The fourth-order valence-corrected chi connectivity index (χ4v) is 2.85. The maximum Gasteiger partial charge on any atom is 0.250 e. The zero-order valence-electron chi connectivity index (χ0n) is 10.4. The number of carbonyl (C=O) groups is 1. The Morgan fingerprint density at radius 3 is 2.83 bits per heavy atom. The van der Waals surface area contributed by atoms with Gasteiger partial charge in [0.2, 0.25) is 0 Å². The third-order valence-electron chi connectivity index (χ3n) is 3.53. The fourth-order valence-electron chi connectivity index (χ4n) is 2.50. The van der Waals surface area contributed by atoms with Gasteiger partial charge >= 0.3 is 0 Å². The van der Waals surface area contributed by atoms with Crippen LogP contribution in [-0.4, -0.2) is 19.0 Å². The van der Waals surface area contributed by atoms with Crippen LogP contribution in [0.4, 0.5) is 11.4 Å². The van der Waals surface area contributed by atoms with Crippen molar-refractivity contribution in [1.82, 2.24) is 0 Å². The van der Waals surface area contributed by atoms with E-state index in [0.717, 1.165) is 31.6 Å². The Labute approximate surface area is 112 Å². The normalized spacial score (nSPS) is 19.2. The summed E-state index contributed by atoms with van der Waals surface area (Å²) in [5, 5.41) is 0.501. The lowest BCUT2D eigenvalue weighted by atomic mass is 10.1. The Morgan fingerprint density at radius 2 is 2.28 bits per heavy atom. The largest absolute Gasteiger partial charge is 0.399 e. The van der Waals surface area contributed by atoms with Crippen LogP contribution in [0, 0.1) is 5.92 Å². The van der Waals surface area contributed by atoms with E-state index < -0.39 is 5.91 Å². The molecule has 1 amide bonds. The van der Waals surface area contributed by atoms with E-state index >= 15 is 0 Å². The predicted molar refractivity (Wildman–Crippen MR) is 75.0 cm³/mol. The first kappa shape index (κ1) is 13.0. The van der Waals surface area contributed by atoms with Gasteiger partial charge in [0.1, 0.15) is 0 Å². The molecule has 0 aliphatic carbocycles. The molecule has 0 radical (unpaired) electrons. The molecule has 0 aromatic heterocycles. The highest BCUT2D eigenvalue weighted by Gasteiger charge is 2.26. The number of hydrogen-bond acceptors (Lipinski definition) is 3. The second-order valence-electron chi connectivity index (χ2n) is 4.77. The molecule has 1 unspecified atom stereocenters. The SMILES string of the molecule is CCC1CCN(c2c(Cl)cc(N)cc2C(N)=O)C1. The fraction of sp³-hybridized carbons (Fsp3) is 0.462. The van der Waals surface area contributed by atoms with E-state index in [0.29, 0.717) is 22.2 Å². The first-order valence-electron chi connectivity index (χ1n) is 6.16. The average Bonchev–Trinajstić information content (AvgIpc) is 2.76. The number of hydrogen-bond donors (Lipinski definition) is 2. The molecule has 1 fully saturated rings. The number of carbonyl (C=O) groups excluding carboxylic acids is 1. The Morgan fingerprint density at radius 1 is 1.56 bits per heavy atom. The minimum atomic E-state index is -0.487. The Balaban J connectivity index is 2.40. The minimum absolute atomic E-state index is 0.414. The Bertz CT molecular complexity index is 476. The lowest BCUT2D eigenvalue weighted by Gasteiger charge is -2.22. The molecule has 1 aromatic carbocycles. The quantitative estimate of drug-likeness (QED) is 0.825. The molecule has 1 aliphatic heterocycles. The smallest absolute Gasteiger partial charge is 0.250 e. The van der Waals surface area contributed by atoms with Gasteiger partial charge in [-0.1, -0.05) is 24.9 Å². The summed E-state index contributed by atoms with van der Waals surface area (Å²) >= 11 is 6.22. The summed E-state index contributed by atoms with van der Waals surface area (Å²) in [6, 6.07) is 3.27. The van der Waals surface area contributed by atoms with Crippen molar-refractivity contribution in [1.29, 1.82) is 0 Å². The predicted octanol–water partition coefficient (Wildman–Crippen LogP) is 2.26. The molecule has 5 heteroatoms. The second kappa shape index (κ2) is 5.06. The average molecular weight is 268 g/mol. The highest BCUT2D eigenvalue weighted by molar-refractivity contribution is 6.34. The van der Waals surface area contributed by atoms with Crippen LogP contribution in [0.1, 0.15) is 30.1 Å². The zero-order valence-corrected chi connectivity index (χ0v) is 11.2. The van der Waals surface area contributed by atoms with Gasteiger partial charge in [0, 0.05) is 18.8 Å². The van der Waals surface area contributed by atoms with E-state index in [2.05, 4.69) is 11.8 Å². The Kier molecular flexibility index (Phi) is 3.66. The maximum atomic E-state index is 11.5. The van der Waals surface area contributed by atoms with Crippen molar-refractivity contribution in [2.24, 2.45) is 11.7 Å². The third-order valence-corrected chi connectivity index (χ3v) is 3.82. The van der Waals surface area contributed by atoms with Crippen molar-refractivity contribution in [3.05, 3.63) is 22.7 Å². The van der Waals surface area contributed by atoms with E-state index in [1.165, 1.54) is 0 Å². The number of anilines is 2. The molecule has 1 aromatic rings. The summed E-state index contributed by atoms with van der Waals surface area (Å²) in [6.07, 6.45) is 2.25. The number of halogens is 1. The van der Waals surface area contributed by atoms with Crippen LogP contribution in [0.5, 0.6) is 0 Å². The van der Waals surface area contributed by atoms with Crippen LogP contribution < -0.4 is 16.4 Å². The first-order valence-corrected chi connectivity index (χ1v) is 6.54. The lowest BCUT2D eigenvalue weighted by Crippen LogP contribution is -2.24. The molecule has 2 rings (SSSR count). The molecule has 98 valence electrons. The van der Waals surface area contributed by atoms with Gasteiger partial charge in [-0.3, -0.25) is 4.79 Å². The summed E-state index contributed by atoms with van der Waals surface area (Å²) in [5.74, 6) is 0.165. The summed E-state index contributed by atoms with van der Waals surface area (Å²) in [4.78, 5) is 13.7. The van der Waals surface area contributed by atoms with Crippen LogP contribution in [-0.2, 0) is 0 Å². The molecule has 1 atom stereocenters. The van der Waals surface area contributed by atoms with Crippen LogP contribution in [0.25, 0.3) is 0 Å². The van der Waals surface area contributed by atoms with E-state index in [1.54, 1.807) is 12.1 Å². The zero-order chi connectivity index (χ0) is 13.3. The van der Waals surface area contributed by atoms with Gasteiger partial charge in [0.15, 0.2) is 0 Å². The molecule has 1 saturated heterocycles. The molecule has 1 aliphatic rings. The first-order chi connectivity index (χ1) is 8.52. The highest BCUT2D eigenvalue weighted by atomic mass is 35.5. The number of rotatable bonds is 3. The van der Waals surface area contributed by atoms with Crippen molar-refractivity contribution in [3.8, 4) is 0 Å². The molecule has 18 heavy (non-hydrogen) atoms. The lowest BCUT2D eigenvalue weighted by molar-refractivity contribution is 0.100. The van der Waals surface area contributed by atoms with E-state index in [4.69, 9.17) is 23.1 Å². The van der Waals surface area contributed by atoms with Gasteiger partial charge in [-0.2, -0.15) is 0 Å². The molecule has 4 N–H and O–H groups in total. The van der Waals surface area contributed by atoms with Gasteiger partial charge in [0.25, 0.3) is 5.91 Å². The summed E-state index contributed by atoms with van der Waals surface area (Å²) < 4.78 is 0. The highest BCUT2D eigenvalue weighted by Crippen LogP contribution is 2.36. The van der Waals surface area contributed by atoms with E-state index in [1.807, 2.05) is 0 Å². The number of nitrogens with two attached hydrogens (primary N) is 2. The molecule has 0 bridgehead atoms. The topological polar surface area (TPSA) is 72.3 Å². The van der Waals surface area contributed by atoms with Gasteiger partial charge in [-0.05, 0) is 24.5 Å². The summed E-state index contributed by atoms with van der Waals surface area (Å²) in [6.45, 7) is 4.00. The Hall–Kier alpha value is -1.42. The molecular weight excluding hydrogens is 250 g/mol. The van der Waals surface area contributed by atoms with Gasteiger partial charge in [0.05, 0.1) is 16.3 Å². The van der Waals surface area contributed by atoms with Crippen molar-refractivity contribution in [3.63, 3.8) is 0 Å². The molecule has 4 nitrogen and oxygen atoms in total. The summed E-state index contributed by atoms with van der Waals surface area (Å²) in [5.41, 5.74) is 12.7. The van der Waals surface area contributed by atoms with Crippen LogP contribution in [0.3, 0.4) is 0 Å². The monoisotopic (exact) mass is 267 g/mol. The maximum absolute atomic E-state index is 11.5. The number of amides is 1. The van der Waals surface area contributed by atoms with Crippen molar-refractivity contribution >= 4 is 28.9 Å². The number of nitrogens with zero attached hydrogens (tertiary/aromatic N) is 1. The number of primary amides is 1. The molecular formula is C13H18ClN3O. The van der Waals surface area contributed by atoms with E-state index in [-0.39, 0.29) is 0 Å². The van der Waals surface area contributed by atoms with E-state index in [9.17, 15) is 4.79 Å². The summed E-state index contributed by atoms with van der Waals surface area (Å²) in [7, 11) is 0. The van der Waals surface area contributed by atoms with Crippen molar-refractivity contribution in [2.45, 2.75) is 19.8 Å². The van der Waals surface area contributed by atoms with Gasteiger partial charge < -0.3 is 16.4 Å². The van der Waals surface area contributed by atoms with Crippen molar-refractivity contribution in [2.75, 3.05) is 23.7 Å². The molecule has 0 spiro atoms. The minimum Gasteiger partial charge on any atom is -0.399 e. The van der Waals surface area contributed by atoms with Crippen molar-refractivity contribution < 1.29 is 4.79 Å². The van der Waals surface area contributed by atoms with Crippen LogP contribution >= 0.6 is 11.6 Å². The molecule has 0 saturated carbocycles.